The summed E-state index contributed by atoms with van der Waals surface area (Å²) >= 11 is 0. The van der Waals surface area contributed by atoms with Crippen molar-refractivity contribution < 1.29 is 32.7 Å². The van der Waals surface area contributed by atoms with E-state index in [1.807, 2.05) is 42.7 Å². The fourth-order valence-corrected chi connectivity index (χ4v) is 2.61. The molecule has 0 spiro atoms. The lowest BCUT2D eigenvalue weighted by Crippen LogP contribution is -2.21. The van der Waals surface area contributed by atoms with Gasteiger partial charge in [-0.2, -0.15) is 13.2 Å². The SMILES string of the molecule is CNC(=O)c1cccc(C(=O)Nc2ccc(-n3cnc(C)c3C)cc2)c1.O=C(O)C(F)(F)F. The number of aromatic nitrogens is 2. The summed E-state index contributed by atoms with van der Waals surface area (Å²) < 4.78 is 33.7. The Bertz CT molecular complexity index is 1160. The van der Waals surface area contributed by atoms with Crippen molar-refractivity contribution in [2.24, 2.45) is 0 Å². The molecule has 0 aliphatic heterocycles. The molecule has 0 aliphatic rings. The van der Waals surface area contributed by atoms with Crippen LogP contribution in [0.15, 0.2) is 54.9 Å². The molecule has 3 N–H and O–H groups in total. The zero-order valence-corrected chi connectivity index (χ0v) is 17.9. The molecule has 0 unspecified atom stereocenters. The summed E-state index contributed by atoms with van der Waals surface area (Å²) in [6, 6.07) is 14.1. The van der Waals surface area contributed by atoms with Crippen LogP contribution in [-0.4, -0.2) is 45.7 Å². The Morgan fingerprint density at radius 2 is 1.52 bits per heavy atom. The van der Waals surface area contributed by atoms with Gasteiger partial charge in [-0.3, -0.25) is 9.59 Å². The Balaban J connectivity index is 0.000000479. The van der Waals surface area contributed by atoms with Gasteiger partial charge < -0.3 is 20.3 Å². The number of hydrogen-bond acceptors (Lipinski definition) is 4. The number of rotatable bonds is 4. The summed E-state index contributed by atoms with van der Waals surface area (Å²) in [5.74, 6) is -3.25. The van der Waals surface area contributed by atoms with E-state index < -0.39 is 12.1 Å². The Labute approximate surface area is 187 Å². The fraction of sp³-hybridized carbons (Fsp3) is 0.182. The van der Waals surface area contributed by atoms with Crippen LogP contribution >= 0.6 is 0 Å². The van der Waals surface area contributed by atoms with Crippen LogP contribution in [0.1, 0.15) is 32.1 Å². The molecular weight excluding hydrogens is 441 g/mol. The fourth-order valence-electron chi connectivity index (χ4n) is 2.61. The van der Waals surface area contributed by atoms with Gasteiger partial charge in [0.15, 0.2) is 0 Å². The van der Waals surface area contributed by atoms with Crippen molar-refractivity contribution in [3.8, 4) is 5.69 Å². The van der Waals surface area contributed by atoms with E-state index in [0.717, 1.165) is 17.1 Å². The van der Waals surface area contributed by atoms with Crippen LogP contribution in [0, 0.1) is 13.8 Å². The molecule has 0 fully saturated rings. The van der Waals surface area contributed by atoms with Crippen molar-refractivity contribution in [1.82, 2.24) is 14.9 Å². The number of aliphatic carboxylic acids is 1. The van der Waals surface area contributed by atoms with E-state index in [4.69, 9.17) is 9.90 Å². The molecule has 0 saturated heterocycles. The van der Waals surface area contributed by atoms with Crippen LogP contribution in [0.5, 0.6) is 0 Å². The number of carbonyl (C=O) groups excluding carboxylic acids is 2. The zero-order valence-electron chi connectivity index (χ0n) is 17.9. The third-order valence-electron chi connectivity index (χ3n) is 4.51. The molecule has 0 saturated carbocycles. The second-order valence-electron chi connectivity index (χ2n) is 6.75. The first kappa shape index (κ1) is 25.1. The van der Waals surface area contributed by atoms with Crippen molar-refractivity contribution in [2.75, 3.05) is 12.4 Å². The van der Waals surface area contributed by atoms with Crippen molar-refractivity contribution in [1.29, 1.82) is 0 Å². The highest BCUT2D eigenvalue weighted by Crippen LogP contribution is 2.18. The number of aryl methyl sites for hydroxylation is 1. The van der Waals surface area contributed by atoms with E-state index in [0.29, 0.717) is 16.8 Å². The molecule has 174 valence electrons. The minimum Gasteiger partial charge on any atom is -0.475 e. The summed E-state index contributed by atoms with van der Waals surface area (Å²) in [6.07, 6.45) is -3.30. The molecule has 0 radical (unpaired) electrons. The predicted octanol–water partition coefficient (Wildman–Crippen LogP) is 3.73. The standard InChI is InChI=1S/C20H20N4O2.C2HF3O2/c1-13-14(2)24(12-22-13)18-9-7-17(8-10-18)23-20(26)16-6-4-5-15(11-16)19(25)21-3;3-2(4,5)1(6)7/h4-12H,1-3H3,(H,21,25)(H,23,26);(H,6,7). The second kappa shape index (κ2) is 10.4. The molecular formula is C22H21F3N4O4. The summed E-state index contributed by atoms with van der Waals surface area (Å²) in [7, 11) is 1.56. The van der Waals surface area contributed by atoms with Gasteiger partial charge in [-0.05, 0) is 56.3 Å². The van der Waals surface area contributed by atoms with E-state index in [1.165, 1.54) is 0 Å². The molecule has 33 heavy (non-hydrogen) atoms. The number of amides is 2. The number of carboxylic acid groups (broad SMARTS) is 1. The predicted molar refractivity (Wildman–Crippen MR) is 115 cm³/mol. The first-order valence-corrected chi connectivity index (χ1v) is 9.48. The first-order chi connectivity index (χ1) is 15.4. The van der Waals surface area contributed by atoms with Crippen LogP contribution in [0.4, 0.5) is 18.9 Å². The highest BCUT2D eigenvalue weighted by Gasteiger charge is 2.38. The molecule has 2 amide bonds. The number of benzene rings is 2. The first-order valence-electron chi connectivity index (χ1n) is 9.48. The number of anilines is 1. The Morgan fingerprint density at radius 3 is 1.97 bits per heavy atom. The number of nitrogens with zero attached hydrogens (tertiary/aromatic N) is 2. The average molecular weight is 462 g/mol. The van der Waals surface area contributed by atoms with Crippen molar-refractivity contribution in [2.45, 2.75) is 20.0 Å². The van der Waals surface area contributed by atoms with E-state index in [2.05, 4.69) is 15.6 Å². The smallest absolute Gasteiger partial charge is 0.475 e. The minimum atomic E-state index is -5.08. The monoisotopic (exact) mass is 462 g/mol. The molecule has 3 rings (SSSR count). The molecule has 1 heterocycles. The molecule has 0 bridgehead atoms. The normalized spacial score (nSPS) is 10.6. The van der Waals surface area contributed by atoms with Crippen molar-refractivity contribution >= 4 is 23.5 Å². The maximum absolute atomic E-state index is 12.4. The van der Waals surface area contributed by atoms with Crippen molar-refractivity contribution in [3.63, 3.8) is 0 Å². The number of carbonyl (C=O) groups is 3. The van der Waals surface area contributed by atoms with E-state index in [9.17, 15) is 22.8 Å². The third-order valence-corrected chi connectivity index (χ3v) is 4.51. The Morgan fingerprint density at radius 1 is 0.970 bits per heavy atom. The van der Waals surface area contributed by atoms with Crippen LogP contribution in [0.3, 0.4) is 0 Å². The summed E-state index contributed by atoms with van der Waals surface area (Å²) in [5.41, 5.74) is 4.59. The van der Waals surface area contributed by atoms with Gasteiger partial charge in [0.1, 0.15) is 0 Å². The number of halogens is 3. The lowest BCUT2D eigenvalue weighted by atomic mass is 10.1. The van der Waals surface area contributed by atoms with Crippen LogP contribution in [-0.2, 0) is 4.79 Å². The van der Waals surface area contributed by atoms with Gasteiger partial charge in [0.2, 0.25) is 0 Å². The zero-order chi connectivity index (χ0) is 24.8. The maximum Gasteiger partial charge on any atom is 0.490 e. The maximum atomic E-state index is 12.4. The van der Waals surface area contributed by atoms with Gasteiger partial charge in [-0.25, -0.2) is 9.78 Å². The van der Waals surface area contributed by atoms with Crippen LogP contribution in [0.25, 0.3) is 5.69 Å². The highest BCUT2D eigenvalue weighted by molar-refractivity contribution is 6.06. The largest absolute Gasteiger partial charge is 0.490 e. The molecule has 1 aromatic heterocycles. The lowest BCUT2D eigenvalue weighted by molar-refractivity contribution is -0.192. The quantitative estimate of drug-likeness (QED) is 0.547. The summed E-state index contributed by atoms with van der Waals surface area (Å²) in [4.78, 5) is 37.3. The average Bonchev–Trinajstić information content (AvgIpc) is 3.12. The molecule has 3 aromatic rings. The van der Waals surface area contributed by atoms with Crippen LogP contribution < -0.4 is 10.6 Å². The van der Waals surface area contributed by atoms with Gasteiger partial charge >= 0.3 is 12.1 Å². The number of nitrogens with one attached hydrogen (secondary N) is 2. The number of carboxylic acids is 1. The molecule has 8 nitrogen and oxygen atoms in total. The van der Waals surface area contributed by atoms with E-state index >= 15 is 0 Å². The lowest BCUT2D eigenvalue weighted by Gasteiger charge is -2.09. The molecule has 2 aromatic carbocycles. The topological polar surface area (TPSA) is 113 Å². The Hall–Kier alpha value is -4.15. The Kier molecular flexibility index (Phi) is 7.95. The third kappa shape index (κ3) is 6.66. The van der Waals surface area contributed by atoms with Gasteiger partial charge in [0.25, 0.3) is 11.8 Å². The number of alkyl halides is 3. The minimum absolute atomic E-state index is 0.227. The highest BCUT2D eigenvalue weighted by atomic mass is 19.4. The molecule has 11 heteroatoms. The van der Waals surface area contributed by atoms with Crippen molar-refractivity contribution in [3.05, 3.63) is 77.4 Å². The summed E-state index contributed by atoms with van der Waals surface area (Å²) in [6.45, 7) is 3.98. The number of imidazole rings is 1. The molecule has 0 atom stereocenters. The van der Waals surface area contributed by atoms with Gasteiger partial charge in [-0.1, -0.05) is 6.07 Å². The number of hydrogen-bond donors (Lipinski definition) is 3. The van der Waals surface area contributed by atoms with E-state index in [-0.39, 0.29) is 11.8 Å². The van der Waals surface area contributed by atoms with Gasteiger partial charge in [0, 0.05) is 35.2 Å². The van der Waals surface area contributed by atoms with Crippen LogP contribution in [0.2, 0.25) is 0 Å². The van der Waals surface area contributed by atoms with E-state index in [1.54, 1.807) is 37.6 Å². The summed E-state index contributed by atoms with van der Waals surface area (Å²) in [5, 5.41) is 12.5. The second-order valence-corrected chi connectivity index (χ2v) is 6.75. The molecule has 0 aliphatic carbocycles. The van der Waals surface area contributed by atoms with Gasteiger partial charge in [0.05, 0.1) is 12.0 Å². The van der Waals surface area contributed by atoms with Gasteiger partial charge in [-0.15, -0.1) is 0 Å².